The van der Waals surface area contributed by atoms with Crippen molar-refractivity contribution in [2.45, 2.75) is 39.2 Å². The lowest BCUT2D eigenvalue weighted by atomic mass is 9.99. The van der Waals surface area contributed by atoms with Gasteiger partial charge in [0.25, 0.3) is 0 Å². The SMILES string of the molecule is CC(C)CN1CCC[C@]1(C)CO. The molecule has 2 heteroatoms. The average molecular weight is 171 g/mol. The predicted molar refractivity (Wildman–Crippen MR) is 51.1 cm³/mol. The van der Waals surface area contributed by atoms with E-state index in [-0.39, 0.29) is 5.54 Å². The minimum absolute atomic E-state index is 0.0737. The molecule has 1 aliphatic rings. The highest BCUT2D eigenvalue weighted by molar-refractivity contribution is 4.91. The van der Waals surface area contributed by atoms with Crippen LogP contribution in [0.5, 0.6) is 0 Å². The molecule has 0 aromatic carbocycles. The van der Waals surface area contributed by atoms with Crippen LogP contribution in [0.25, 0.3) is 0 Å². The molecule has 0 unspecified atom stereocenters. The third-order valence-corrected chi connectivity index (χ3v) is 2.83. The van der Waals surface area contributed by atoms with Crippen molar-refractivity contribution in [2.24, 2.45) is 5.92 Å². The maximum atomic E-state index is 9.27. The van der Waals surface area contributed by atoms with Gasteiger partial charge in [-0.3, -0.25) is 4.90 Å². The molecular formula is C10H21NO. The first-order valence-corrected chi connectivity index (χ1v) is 4.94. The Morgan fingerprint density at radius 1 is 1.50 bits per heavy atom. The molecule has 0 aromatic rings. The van der Waals surface area contributed by atoms with E-state index in [2.05, 4.69) is 25.7 Å². The highest BCUT2D eigenvalue weighted by atomic mass is 16.3. The van der Waals surface area contributed by atoms with E-state index in [9.17, 15) is 5.11 Å². The number of rotatable bonds is 3. The summed E-state index contributed by atoms with van der Waals surface area (Å²) in [6.07, 6.45) is 2.39. The number of aliphatic hydroxyl groups is 1. The zero-order valence-corrected chi connectivity index (χ0v) is 8.51. The van der Waals surface area contributed by atoms with Crippen LogP contribution in [0.2, 0.25) is 0 Å². The molecule has 0 aliphatic carbocycles. The molecule has 0 radical (unpaired) electrons. The first kappa shape index (κ1) is 10.0. The van der Waals surface area contributed by atoms with Gasteiger partial charge < -0.3 is 5.11 Å². The van der Waals surface area contributed by atoms with Crippen molar-refractivity contribution in [1.82, 2.24) is 4.90 Å². The molecule has 1 rings (SSSR count). The second kappa shape index (κ2) is 3.75. The van der Waals surface area contributed by atoms with Gasteiger partial charge in [0.2, 0.25) is 0 Å². The fraction of sp³-hybridized carbons (Fsp3) is 1.00. The van der Waals surface area contributed by atoms with Gasteiger partial charge in [-0.15, -0.1) is 0 Å². The van der Waals surface area contributed by atoms with Crippen molar-refractivity contribution in [3.8, 4) is 0 Å². The lowest BCUT2D eigenvalue weighted by Gasteiger charge is -2.34. The van der Waals surface area contributed by atoms with Crippen LogP contribution in [-0.4, -0.2) is 35.2 Å². The molecule has 1 aliphatic heterocycles. The van der Waals surface area contributed by atoms with Gasteiger partial charge in [-0.2, -0.15) is 0 Å². The smallest absolute Gasteiger partial charge is 0.0612 e. The van der Waals surface area contributed by atoms with Crippen LogP contribution in [0.3, 0.4) is 0 Å². The topological polar surface area (TPSA) is 23.5 Å². The minimum atomic E-state index is 0.0737. The van der Waals surface area contributed by atoms with Gasteiger partial charge in [-0.05, 0) is 32.2 Å². The van der Waals surface area contributed by atoms with E-state index < -0.39 is 0 Å². The van der Waals surface area contributed by atoms with E-state index in [0.717, 1.165) is 19.5 Å². The van der Waals surface area contributed by atoms with Crippen LogP contribution < -0.4 is 0 Å². The molecule has 12 heavy (non-hydrogen) atoms. The summed E-state index contributed by atoms with van der Waals surface area (Å²) >= 11 is 0. The summed E-state index contributed by atoms with van der Waals surface area (Å²) in [5, 5.41) is 9.27. The van der Waals surface area contributed by atoms with E-state index in [4.69, 9.17) is 0 Å². The van der Waals surface area contributed by atoms with Gasteiger partial charge in [0.15, 0.2) is 0 Å². The minimum Gasteiger partial charge on any atom is -0.394 e. The zero-order chi connectivity index (χ0) is 9.19. The second-order valence-electron chi connectivity index (χ2n) is 4.60. The molecule has 0 spiro atoms. The van der Waals surface area contributed by atoms with Crippen molar-refractivity contribution < 1.29 is 5.11 Å². The van der Waals surface area contributed by atoms with Crippen molar-refractivity contribution in [2.75, 3.05) is 19.7 Å². The van der Waals surface area contributed by atoms with Crippen LogP contribution in [0.1, 0.15) is 33.6 Å². The van der Waals surface area contributed by atoms with Gasteiger partial charge in [0.05, 0.1) is 6.61 Å². The zero-order valence-electron chi connectivity index (χ0n) is 8.51. The van der Waals surface area contributed by atoms with Crippen LogP contribution in [-0.2, 0) is 0 Å². The lowest BCUT2D eigenvalue weighted by molar-refractivity contribution is 0.0702. The average Bonchev–Trinajstić information content (AvgIpc) is 2.33. The molecular weight excluding hydrogens is 150 g/mol. The molecule has 1 saturated heterocycles. The summed E-state index contributed by atoms with van der Waals surface area (Å²) in [5.74, 6) is 0.703. The first-order chi connectivity index (χ1) is 5.58. The standard InChI is InChI=1S/C10H21NO/c1-9(2)7-11-6-4-5-10(11,3)8-12/h9,12H,4-8H2,1-3H3/t10-/m1/s1. The van der Waals surface area contributed by atoms with Crippen LogP contribution in [0, 0.1) is 5.92 Å². The Kier molecular flexibility index (Phi) is 3.13. The molecule has 1 atom stereocenters. The molecule has 2 nitrogen and oxygen atoms in total. The number of aliphatic hydroxyl groups excluding tert-OH is 1. The Morgan fingerprint density at radius 3 is 2.67 bits per heavy atom. The number of hydrogen-bond acceptors (Lipinski definition) is 2. The maximum Gasteiger partial charge on any atom is 0.0612 e. The summed E-state index contributed by atoms with van der Waals surface area (Å²) in [6.45, 7) is 9.22. The van der Waals surface area contributed by atoms with E-state index in [1.807, 2.05) is 0 Å². The predicted octanol–water partition coefficient (Wildman–Crippen LogP) is 1.49. The van der Waals surface area contributed by atoms with Crippen LogP contribution in [0.15, 0.2) is 0 Å². The lowest BCUT2D eigenvalue weighted by Crippen LogP contribution is -2.45. The summed E-state index contributed by atoms with van der Waals surface area (Å²) in [4.78, 5) is 2.43. The number of likely N-dealkylation sites (tertiary alicyclic amines) is 1. The van der Waals surface area contributed by atoms with Crippen LogP contribution >= 0.6 is 0 Å². The van der Waals surface area contributed by atoms with Crippen LogP contribution in [0.4, 0.5) is 0 Å². The van der Waals surface area contributed by atoms with Crippen molar-refractivity contribution in [3.05, 3.63) is 0 Å². The molecule has 0 amide bonds. The highest BCUT2D eigenvalue weighted by Crippen LogP contribution is 2.28. The van der Waals surface area contributed by atoms with Gasteiger partial charge in [-0.25, -0.2) is 0 Å². The normalized spacial score (nSPS) is 31.8. The van der Waals surface area contributed by atoms with E-state index in [1.54, 1.807) is 0 Å². The molecule has 1 fully saturated rings. The number of nitrogens with zero attached hydrogens (tertiary/aromatic N) is 1. The molecule has 0 saturated carbocycles. The molecule has 1 heterocycles. The van der Waals surface area contributed by atoms with Gasteiger partial charge in [0.1, 0.15) is 0 Å². The second-order valence-corrected chi connectivity index (χ2v) is 4.60. The van der Waals surface area contributed by atoms with Gasteiger partial charge >= 0.3 is 0 Å². The van der Waals surface area contributed by atoms with Crippen molar-refractivity contribution in [3.63, 3.8) is 0 Å². The van der Waals surface area contributed by atoms with E-state index >= 15 is 0 Å². The Balaban J connectivity index is 2.51. The fourth-order valence-corrected chi connectivity index (χ4v) is 2.01. The third kappa shape index (κ3) is 1.99. The molecule has 1 N–H and O–H groups in total. The molecule has 72 valence electrons. The molecule has 0 aromatic heterocycles. The quantitative estimate of drug-likeness (QED) is 0.695. The monoisotopic (exact) mass is 171 g/mol. The Labute approximate surface area is 75.6 Å². The molecule has 0 bridgehead atoms. The summed E-state index contributed by atoms with van der Waals surface area (Å²) in [5.41, 5.74) is 0.0737. The van der Waals surface area contributed by atoms with E-state index in [1.165, 1.54) is 6.42 Å². The van der Waals surface area contributed by atoms with Crippen molar-refractivity contribution in [1.29, 1.82) is 0 Å². The summed E-state index contributed by atoms with van der Waals surface area (Å²) < 4.78 is 0. The third-order valence-electron chi connectivity index (χ3n) is 2.83. The summed E-state index contributed by atoms with van der Waals surface area (Å²) in [6, 6.07) is 0. The maximum absolute atomic E-state index is 9.27. The Hall–Kier alpha value is -0.0800. The highest BCUT2D eigenvalue weighted by Gasteiger charge is 2.35. The summed E-state index contributed by atoms with van der Waals surface area (Å²) in [7, 11) is 0. The van der Waals surface area contributed by atoms with Gasteiger partial charge in [-0.1, -0.05) is 13.8 Å². The van der Waals surface area contributed by atoms with Gasteiger partial charge in [0, 0.05) is 12.1 Å². The fourth-order valence-electron chi connectivity index (χ4n) is 2.01. The first-order valence-electron chi connectivity index (χ1n) is 4.94. The largest absolute Gasteiger partial charge is 0.394 e. The van der Waals surface area contributed by atoms with Crippen molar-refractivity contribution >= 4 is 0 Å². The van der Waals surface area contributed by atoms with E-state index in [0.29, 0.717) is 12.5 Å². The Morgan fingerprint density at radius 2 is 2.17 bits per heavy atom. The number of hydrogen-bond donors (Lipinski definition) is 1. The Bertz CT molecular complexity index is 147.